The van der Waals surface area contributed by atoms with Crippen molar-refractivity contribution >= 4 is 11.8 Å². The highest BCUT2D eigenvalue weighted by Crippen LogP contribution is 2.15. The molecule has 0 unspecified atom stereocenters. The summed E-state index contributed by atoms with van der Waals surface area (Å²) in [6, 6.07) is 0. The maximum atomic E-state index is 11.7. The molecule has 0 radical (unpaired) electrons. The van der Waals surface area contributed by atoms with E-state index in [0.717, 1.165) is 43.4 Å². The molecule has 0 aromatic heterocycles. The molecule has 0 aromatic rings. The highest BCUT2D eigenvalue weighted by atomic mass is 17.1. The Morgan fingerprint density at radius 2 is 1.41 bits per heavy atom. The van der Waals surface area contributed by atoms with Crippen molar-refractivity contribution in [3.05, 3.63) is 24.5 Å². The minimum Gasteiger partial charge on any atom is -0.373 e. The van der Waals surface area contributed by atoms with E-state index in [1.165, 1.54) is 0 Å². The van der Waals surface area contributed by atoms with Crippen molar-refractivity contribution < 1.29 is 24.6 Å². The zero-order valence-electron chi connectivity index (χ0n) is 16.1. The summed E-state index contributed by atoms with van der Waals surface area (Å²) in [4.78, 5) is 39.5. The molecule has 9 heteroatoms. The van der Waals surface area contributed by atoms with Crippen molar-refractivity contribution in [3.8, 4) is 0 Å². The summed E-state index contributed by atoms with van der Waals surface area (Å²) in [5, 5.41) is 9.61. The predicted octanol–water partition coefficient (Wildman–Crippen LogP) is 0.524. The van der Waals surface area contributed by atoms with Crippen LogP contribution in [-0.2, 0) is 19.3 Å². The second-order valence-electron chi connectivity index (χ2n) is 7.10. The van der Waals surface area contributed by atoms with E-state index in [1.54, 1.807) is 0 Å². The van der Waals surface area contributed by atoms with Crippen molar-refractivity contribution in [2.24, 2.45) is 0 Å². The van der Waals surface area contributed by atoms with Crippen LogP contribution in [0.3, 0.4) is 0 Å². The first-order valence-corrected chi connectivity index (χ1v) is 9.18. The average Bonchev–Trinajstić information content (AvgIpc) is 2.95. The average molecular weight is 382 g/mol. The zero-order valence-corrected chi connectivity index (χ0v) is 16.1. The zero-order chi connectivity index (χ0) is 19.8. The largest absolute Gasteiger partial charge is 0.373 e. The first kappa shape index (κ1) is 21.5. The molecule has 9 nitrogen and oxygen atoms in total. The second-order valence-corrected chi connectivity index (χ2v) is 7.10. The first-order chi connectivity index (χ1) is 12.9. The summed E-state index contributed by atoms with van der Waals surface area (Å²) < 4.78 is 0. The van der Waals surface area contributed by atoms with E-state index < -0.39 is 0 Å². The molecule has 2 heterocycles. The van der Waals surface area contributed by atoms with Crippen LogP contribution in [0.2, 0.25) is 0 Å². The van der Waals surface area contributed by atoms with Gasteiger partial charge in [0.05, 0.1) is 6.54 Å². The van der Waals surface area contributed by atoms with Gasteiger partial charge in [-0.15, -0.1) is 5.06 Å². The molecule has 2 aliphatic heterocycles. The quantitative estimate of drug-likeness (QED) is 0.214. The molecule has 1 N–H and O–H groups in total. The topological polar surface area (TPSA) is 85.8 Å². The van der Waals surface area contributed by atoms with Crippen LogP contribution in [0, 0.1) is 0 Å². The Morgan fingerprint density at radius 1 is 0.926 bits per heavy atom. The Labute approximate surface area is 160 Å². The second kappa shape index (κ2) is 10.5. The van der Waals surface area contributed by atoms with Crippen LogP contribution in [0.25, 0.3) is 0 Å². The van der Waals surface area contributed by atoms with Crippen LogP contribution >= 0.6 is 0 Å². The number of hydrogen-bond donors (Lipinski definition) is 1. The standard InChI is InChI=1S/C18H30N4O5/c1-15(2)12-19-6-7-20(9-11-21(10-8-19)14-26-25)13-16(3)27-22-17(23)4-5-18(22)24/h25H,1,3-14H2,2H3. The van der Waals surface area contributed by atoms with Crippen LogP contribution in [-0.4, -0.2) is 95.9 Å². The molecule has 0 bridgehead atoms. The summed E-state index contributed by atoms with van der Waals surface area (Å²) in [6.45, 7) is 15.9. The van der Waals surface area contributed by atoms with Crippen LogP contribution in [0.5, 0.6) is 0 Å². The molecule has 0 spiro atoms. The molecule has 0 aromatic carbocycles. The van der Waals surface area contributed by atoms with Gasteiger partial charge in [0.25, 0.3) is 11.8 Å². The van der Waals surface area contributed by atoms with Crippen LogP contribution in [0.15, 0.2) is 24.5 Å². The van der Waals surface area contributed by atoms with Gasteiger partial charge in [0, 0.05) is 58.7 Å². The lowest BCUT2D eigenvalue weighted by Gasteiger charge is -2.27. The molecular formula is C18H30N4O5. The summed E-state index contributed by atoms with van der Waals surface area (Å²) in [7, 11) is 0. The minimum absolute atomic E-state index is 0.142. The van der Waals surface area contributed by atoms with Gasteiger partial charge >= 0.3 is 0 Å². The predicted molar refractivity (Wildman–Crippen MR) is 99.2 cm³/mol. The van der Waals surface area contributed by atoms with E-state index in [4.69, 9.17) is 10.1 Å². The molecule has 27 heavy (non-hydrogen) atoms. The van der Waals surface area contributed by atoms with Gasteiger partial charge in [-0.05, 0) is 6.92 Å². The van der Waals surface area contributed by atoms with Crippen molar-refractivity contribution in [2.45, 2.75) is 19.8 Å². The highest BCUT2D eigenvalue weighted by Gasteiger charge is 2.31. The van der Waals surface area contributed by atoms with Gasteiger partial charge in [0.1, 0.15) is 12.5 Å². The van der Waals surface area contributed by atoms with Gasteiger partial charge in [0.2, 0.25) is 0 Å². The SMILES string of the molecule is C=C(C)CN1CCN(COO)CCN(CC(=C)ON2C(=O)CCC2=O)CC1. The number of rotatable bonds is 8. The van der Waals surface area contributed by atoms with Gasteiger partial charge < -0.3 is 4.84 Å². The number of hydrogen-bond acceptors (Lipinski definition) is 8. The van der Waals surface area contributed by atoms with Gasteiger partial charge in [-0.2, -0.15) is 0 Å². The smallest absolute Gasteiger partial charge is 0.263 e. The Bertz CT molecular complexity index is 552. The summed E-state index contributed by atoms with van der Waals surface area (Å²) >= 11 is 0. The van der Waals surface area contributed by atoms with Gasteiger partial charge in [0.15, 0.2) is 0 Å². The summed E-state index contributed by atoms with van der Waals surface area (Å²) in [5.74, 6) is -0.303. The third-order valence-corrected chi connectivity index (χ3v) is 4.56. The Morgan fingerprint density at radius 3 is 1.89 bits per heavy atom. The molecule has 0 saturated carbocycles. The number of hydroxylamine groups is 2. The molecule has 2 fully saturated rings. The van der Waals surface area contributed by atoms with Crippen molar-refractivity contribution in [1.29, 1.82) is 0 Å². The number of nitrogens with zero attached hydrogens (tertiary/aromatic N) is 4. The van der Waals surface area contributed by atoms with E-state index in [9.17, 15) is 9.59 Å². The Balaban J connectivity index is 1.94. The lowest BCUT2D eigenvalue weighted by Crippen LogP contribution is -2.39. The van der Waals surface area contributed by atoms with E-state index in [2.05, 4.69) is 27.8 Å². The third kappa shape index (κ3) is 7.04. The van der Waals surface area contributed by atoms with E-state index in [0.29, 0.717) is 25.4 Å². The van der Waals surface area contributed by atoms with Crippen molar-refractivity contribution in [1.82, 2.24) is 19.8 Å². The van der Waals surface area contributed by atoms with Gasteiger partial charge in [-0.3, -0.25) is 29.5 Å². The summed E-state index contributed by atoms with van der Waals surface area (Å²) in [6.07, 6.45) is 0.365. The fraction of sp³-hybridized carbons (Fsp3) is 0.667. The van der Waals surface area contributed by atoms with Crippen LogP contribution < -0.4 is 0 Å². The normalized spacial score (nSPS) is 21.0. The van der Waals surface area contributed by atoms with Gasteiger partial charge in [-0.25, -0.2) is 4.89 Å². The lowest BCUT2D eigenvalue weighted by molar-refractivity contribution is -0.269. The number of carbonyl (C=O) groups excluding carboxylic acids is 2. The number of imide groups is 1. The minimum atomic E-state index is -0.329. The highest BCUT2D eigenvalue weighted by molar-refractivity contribution is 6.00. The molecule has 2 rings (SSSR count). The molecule has 2 aliphatic rings. The Hall–Kier alpha value is -1.78. The van der Waals surface area contributed by atoms with E-state index >= 15 is 0 Å². The number of amides is 2. The molecule has 2 saturated heterocycles. The molecular weight excluding hydrogens is 352 g/mol. The molecule has 0 aliphatic carbocycles. The maximum absolute atomic E-state index is 11.7. The monoisotopic (exact) mass is 382 g/mol. The lowest BCUT2D eigenvalue weighted by atomic mass is 10.3. The van der Waals surface area contributed by atoms with Gasteiger partial charge in [-0.1, -0.05) is 18.7 Å². The van der Waals surface area contributed by atoms with E-state index in [-0.39, 0.29) is 31.4 Å². The van der Waals surface area contributed by atoms with Crippen LogP contribution in [0.1, 0.15) is 19.8 Å². The Kier molecular flexibility index (Phi) is 8.39. The van der Waals surface area contributed by atoms with Crippen molar-refractivity contribution in [2.75, 3.05) is 59.1 Å². The van der Waals surface area contributed by atoms with Crippen molar-refractivity contribution in [3.63, 3.8) is 0 Å². The molecule has 2 amide bonds. The third-order valence-electron chi connectivity index (χ3n) is 4.56. The maximum Gasteiger partial charge on any atom is 0.263 e. The summed E-state index contributed by atoms with van der Waals surface area (Å²) in [5.41, 5.74) is 1.09. The van der Waals surface area contributed by atoms with E-state index in [1.807, 2.05) is 11.8 Å². The van der Waals surface area contributed by atoms with Crippen LogP contribution in [0.4, 0.5) is 0 Å². The molecule has 0 atom stereocenters. The fourth-order valence-electron chi connectivity index (χ4n) is 3.16. The fourth-order valence-corrected chi connectivity index (χ4v) is 3.16. The molecule has 152 valence electrons. The number of carbonyl (C=O) groups is 2. The first-order valence-electron chi connectivity index (χ1n) is 9.18.